The highest BCUT2D eigenvalue weighted by atomic mass is 32.2. The standard InChI is InChI=1S/C15H12N2O2S/c18-13-8-4-5-11(9-13)16-15-17(14(19)10-20-15)12-6-2-1-3-7-12/h1-9,18H,10H2. The molecule has 1 fully saturated rings. The van der Waals surface area contributed by atoms with Gasteiger partial charge in [-0.1, -0.05) is 36.0 Å². The van der Waals surface area contributed by atoms with Gasteiger partial charge in [0.2, 0.25) is 5.91 Å². The first-order valence-electron chi connectivity index (χ1n) is 6.12. The fraction of sp³-hybridized carbons (Fsp3) is 0.0667. The molecule has 0 bridgehead atoms. The molecule has 0 radical (unpaired) electrons. The summed E-state index contributed by atoms with van der Waals surface area (Å²) in [4.78, 5) is 18.1. The van der Waals surface area contributed by atoms with Gasteiger partial charge in [-0.25, -0.2) is 4.99 Å². The van der Waals surface area contributed by atoms with Gasteiger partial charge >= 0.3 is 0 Å². The Bertz CT molecular complexity index is 671. The monoisotopic (exact) mass is 284 g/mol. The topological polar surface area (TPSA) is 52.9 Å². The van der Waals surface area contributed by atoms with E-state index in [2.05, 4.69) is 4.99 Å². The molecule has 0 aliphatic carbocycles. The maximum absolute atomic E-state index is 12.0. The Morgan fingerprint density at radius 3 is 2.65 bits per heavy atom. The number of nitrogens with zero attached hydrogens (tertiary/aromatic N) is 2. The van der Waals surface area contributed by atoms with Crippen molar-refractivity contribution in [2.75, 3.05) is 10.7 Å². The second-order valence-electron chi connectivity index (χ2n) is 4.27. The highest BCUT2D eigenvalue weighted by Crippen LogP contribution is 2.29. The molecule has 1 N–H and O–H groups in total. The minimum absolute atomic E-state index is 0.0140. The normalized spacial score (nSPS) is 16.9. The van der Waals surface area contributed by atoms with Crippen LogP contribution < -0.4 is 4.90 Å². The van der Waals surface area contributed by atoms with Crippen molar-refractivity contribution in [2.24, 2.45) is 4.99 Å². The number of amides is 1. The highest BCUT2D eigenvalue weighted by Gasteiger charge is 2.29. The maximum atomic E-state index is 12.0. The van der Waals surface area contributed by atoms with Crippen LogP contribution in [0.5, 0.6) is 5.75 Å². The second-order valence-corrected chi connectivity index (χ2v) is 5.21. The van der Waals surface area contributed by atoms with Crippen molar-refractivity contribution in [1.29, 1.82) is 0 Å². The van der Waals surface area contributed by atoms with E-state index in [4.69, 9.17) is 0 Å². The van der Waals surface area contributed by atoms with Crippen LogP contribution in [0.1, 0.15) is 0 Å². The highest BCUT2D eigenvalue weighted by molar-refractivity contribution is 8.15. The molecule has 0 unspecified atom stereocenters. The predicted molar refractivity (Wildman–Crippen MR) is 81.6 cm³/mol. The number of carbonyl (C=O) groups is 1. The number of thioether (sulfide) groups is 1. The fourth-order valence-electron chi connectivity index (χ4n) is 1.95. The van der Waals surface area contributed by atoms with Crippen molar-refractivity contribution in [1.82, 2.24) is 0 Å². The van der Waals surface area contributed by atoms with Crippen LogP contribution in [0.4, 0.5) is 11.4 Å². The van der Waals surface area contributed by atoms with Gasteiger partial charge in [0.05, 0.1) is 17.1 Å². The number of hydrogen-bond donors (Lipinski definition) is 1. The average molecular weight is 284 g/mol. The largest absolute Gasteiger partial charge is 0.508 e. The zero-order chi connectivity index (χ0) is 13.9. The molecule has 1 amide bonds. The first-order valence-corrected chi connectivity index (χ1v) is 7.11. The van der Waals surface area contributed by atoms with Gasteiger partial charge in [-0.15, -0.1) is 0 Å². The van der Waals surface area contributed by atoms with Crippen LogP contribution in [0, 0.1) is 0 Å². The number of phenolic OH excluding ortho intramolecular Hbond substituents is 1. The average Bonchev–Trinajstić information content (AvgIpc) is 2.81. The van der Waals surface area contributed by atoms with E-state index in [1.54, 1.807) is 29.2 Å². The molecule has 3 rings (SSSR count). The molecule has 0 spiro atoms. The molecule has 0 aromatic heterocycles. The lowest BCUT2D eigenvalue weighted by Crippen LogP contribution is -2.28. The number of para-hydroxylation sites is 1. The zero-order valence-electron chi connectivity index (χ0n) is 10.6. The molecule has 20 heavy (non-hydrogen) atoms. The minimum atomic E-state index is 0.0140. The van der Waals surface area contributed by atoms with E-state index in [9.17, 15) is 9.90 Å². The summed E-state index contributed by atoms with van der Waals surface area (Å²) in [5, 5.41) is 10.1. The van der Waals surface area contributed by atoms with Gasteiger partial charge in [-0.05, 0) is 24.3 Å². The van der Waals surface area contributed by atoms with E-state index < -0.39 is 0 Å². The molecule has 0 atom stereocenters. The maximum Gasteiger partial charge on any atom is 0.243 e. The Balaban J connectivity index is 1.98. The molecular weight excluding hydrogens is 272 g/mol. The van der Waals surface area contributed by atoms with E-state index in [-0.39, 0.29) is 11.7 Å². The molecular formula is C15H12N2O2S. The lowest BCUT2D eigenvalue weighted by atomic mass is 10.3. The molecule has 2 aromatic rings. The van der Waals surface area contributed by atoms with Crippen LogP contribution >= 0.6 is 11.8 Å². The van der Waals surface area contributed by atoms with Crippen LogP contribution in [0.15, 0.2) is 59.6 Å². The summed E-state index contributed by atoms with van der Waals surface area (Å²) in [6.07, 6.45) is 0. The van der Waals surface area contributed by atoms with E-state index in [1.165, 1.54) is 11.8 Å². The summed E-state index contributed by atoms with van der Waals surface area (Å²) in [6, 6.07) is 16.1. The Morgan fingerprint density at radius 2 is 1.90 bits per heavy atom. The van der Waals surface area contributed by atoms with Gasteiger partial charge in [0.1, 0.15) is 5.75 Å². The summed E-state index contributed by atoms with van der Waals surface area (Å²) in [6.45, 7) is 0. The van der Waals surface area contributed by atoms with Crippen molar-refractivity contribution in [3.63, 3.8) is 0 Å². The molecule has 4 nitrogen and oxygen atoms in total. The van der Waals surface area contributed by atoms with Gasteiger partial charge < -0.3 is 5.11 Å². The summed E-state index contributed by atoms with van der Waals surface area (Å²) < 4.78 is 0. The van der Waals surface area contributed by atoms with Crippen LogP contribution in [0.3, 0.4) is 0 Å². The van der Waals surface area contributed by atoms with Crippen LogP contribution in [0.25, 0.3) is 0 Å². The lowest BCUT2D eigenvalue weighted by Gasteiger charge is -2.15. The smallest absolute Gasteiger partial charge is 0.243 e. The van der Waals surface area contributed by atoms with E-state index in [0.717, 1.165) is 5.69 Å². The first-order chi connectivity index (χ1) is 9.74. The van der Waals surface area contributed by atoms with Gasteiger partial charge in [-0.2, -0.15) is 0 Å². The Labute approximate surface area is 120 Å². The molecule has 1 saturated heterocycles. The third-order valence-electron chi connectivity index (χ3n) is 2.83. The molecule has 100 valence electrons. The number of aliphatic imine (C=N–C) groups is 1. The van der Waals surface area contributed by atoms with Gasteiger partial charge in [0.25, 0.3) is 0 Å². The van der Waals surface area contributed by atoms with Crippen molar-refractivity contribution < 1.29 is 9.90 Å². The molecule has 1 aliphatic rings. The van der Waals surface area contributed by atoms with Crippen LogP contribution in [-0.4, -0.2) is 21.9 Å². The number of anilines is 1. The van der Waals surface area contributed by atoms with Gasteiger partial charge in [-0.3, -0.25) is 9.69 Å². The van der Waals surface area contributed by atoms with Crippen LogP contribution in [0.2, 0.25) is 0 Å². The number of carbonyl (C=O) groups excluding carboxylic acids is 1. The number of rotatable bonds is 2. The van der Waals surface area contributed by atoms with Gasteiger partial charge in [0.15, 0.2) is 5.17 Å². The van der Waals surface area contributed by atoms with Crippen molar-refractivity contribution in [3.8, 4) is 5.75 Å². The lowest BCUT2D eigenvalue weighted by molar-refractivity contribution is -0.115. The second kappa shape index (κ2) is 5.38. The van der Waals surface area contributed by atoms with Gasteiger partial charge in [0, 0.05) is 6.07 Å². The molecule has 1 heterocycles. The zero-order valence-corrected chi connectivity index (χ0v) is 11.4. The summed E-state index contributed by atoms with van der Waals surface area (Å²) in [5.41, 5.74) is 1.43. The number of benzene rings is 2. The molecule has 0 saturated carbocycles. The van der Waals surface area contributed by atoms with Crippen molar-refractivity contribution in [2.45, 2.75) is 0 Å². The fourth-order valence-corrected chi connectivity index (χ4v) is 2.84. The predicted octanol–water partition coefficient (Wildman–Crippen LogP) is 3.16. The Kier molecular flexibility index (Phi) is 3.43. The molecule has 5 heteroatoms. The van der Waals surface area contributed by atoms with E-state index >= 15 is 0 Å². The molecule has 2 aromatic carbocycles. The first kappa shape index (κ1) is 12.7. The number of amidine groups is 1. The third kappa shape index (κ3) is 2.53. The molecule has 1 aliphatic heterocycles. The quantitative estimate of drug-likeness (QED) is 0.921. The summed E-state index contributed by atoms with van der Waals surface area (Å²) in [5.74, 6) is 0.555. The minimum Gasteiger partial charge on any atom is -0.508 e. The number of hydrogen-bond acceptors (Lipinski definition) is 4. The summed E-state index contributed by atoms with van der Waals surface area (Å²) >= 11 is 1.40. The van der Waals surface area contributed by atoms with E-state index in [0.29, 0.717) is 16.6 Å². The number of aromatic hydroxyl groups is 1. The Morgan fingerprint density at radius 1 is 1.10 bits per heavy atom. The SMILES string of the molecule is O=C1CSC(=Nc2cccc(O)c2)N1c1ccccc1. The Hall–Kier alpha value is -2.27. The third-order valence-corrected chi connectivity index (χ3v) is 3.76. The van der Waals surface area contributed by atoms with Crippen LogP contribution in [-0.2, 0) is 4.79 Å². The van der Waals surface area contributed by atoms with E-state index in [1.807, 2.05) is 30.3 Å². The van der Waals surface area contributed by atoms with Crippen molar-refractivity contribution >= 4 is 34.2 Å². The van der Waals surface area contributed by atoms with Crippen molar-refractivity contribution in [3.05, 3.63) is 54.6 Å². The number of phenols is 1. The summed E-state index contributed by atoms with van der Waals surface area (Å²) in [7, 11) is 0.